The van der Waals surface area contributed by atoms with E-state index in [0.29, 0.717) is 5.33 Å². The standard InChI is InChI=1S/C10H11BrO4.C6H5NO2/c1-10(9(14)15)4-2-3-6(8(12)13)7(10)5-11;8-7(9)6-4-2-1-3-5-6/h2-4,7H,5H2,1H3,(H,12,13)(H,14,15);1-5H. The van der Waals surface area contributed by atoms with Crippen LogP contribution in [0.5, 0.6) is 0 Å². The largest absolute Gasteiger partial charge is 0.481 e. The van der Waals surface area contributed by atoms with Gasteiger partial charge in [0, 0.05) is 29.0 Å². The average molecular weight is 398 g/mol. The van der Waals surface area contributed by atoms with Crippen LogP contribution in [0, 0.1) is 21.4 Å². The molecule has 0 spiro atoms. The molecular weight excluding hydrogens is 382 g/mol. The number of nitrogens with zero attached hydrogens (tertiary/aromatic N) is 1. The first-order valence-corrected chi connectivity index (χ1v) is 7.97. The van der Waals surface area contributed by atoms with Crippen molar-refractivity contribution in [3.63, 3.8) is 0 Å². The zero-order chi connectivity index (χ0) is 18.3. The molecule has 2 atom stereocenters. The Hall–Kier alpha value is -2.48. The molecule has 0 amide bonds. The first-order valence-electron chi connectivity index (χ1n) is 6.85. The molecule has 8 heteroatoms. The number of carbonyl (C=O) groups is 2. The summed E-state index contributed by atoms with van der Waals surface area (Å²) in [4.78, 5) is 31.6. The number of nitro benzene ring substituents is 1. The molecular formula is C16H16BrNO6. The summed E-state index contributed by atoms with van der Waals surface area (Å²) >= 11 is 3.16. The Morgan fingerprint density at radius 3 is 2.25 bits per heavy atom. The molecule has 7 nitrogen and oxygen atoms in total. The van der Waals surface area contributed by atoms with Gasteiger partial charge in [0.15, 0.2) is 0 Å². The van der Waals surface area contributed by atoms with Gasteiger partial charge in [-0.25, -0.2) is 4.79 Å². The normalized spacial score (nSPS) is 21.9. The molecule has 0 aromatic heterocycles. The number of carboxylic acid groups (broad SMARTS) is 2. The minimum Gasteiger partial charge on any atom is -0.481 e. The van der Waals surface area contributed by atoms with Gasteiger partial charge in [-0.1, -0.05) is 52.4 Å². The fourth-order valence-electron chi connectivity index (χ4n) is 2.14. The highest BCUT2D eigenvalue weighted by Gasteiger charge is 2.43. The van der Waals surface area contributed by atoms with Crippen LogP contribution in [-0.2, 0) is 9.59 Å². The third-order valence-electron chi connectivity index (χ3n) is 3.65. The fraction of sp³-hybridized carbons (Fsp3) is 0.250. The van der Waals surface area contributed by atoms with Crippen molar-refractivity contribution in [2.75, 3.05) is 5.33 Å². The maximum absolute atomic E-state index is 11.1. The Labute approximate surface area is 146 Å². The average Bonchev–Trinajstić information content (AvgIpc) is 2.55. The second kappa shape index (κ2) is 8.39. The monoisotopic (exact) mass is 397 g/mol. The van der Waals surface area contributed by atoms with Gasteiger partial charge < -0.3 is 10.2 Å². The van der Waals surface area contributed by atoms with Gasteiger partial charge in [0.25, 0.3) is 5.69 Å². The van der Waals surface area contributed by atoms with Gasteiger partial charge in [-0.3, -0.25) is 14.9 Å². The molecule has 0 radical (unpaired) electrons. The SMILES string of the molecule is CC1(C(=O)O)C=CC=C(C(=O)O)C1CBr.O=[N+]([O-])c1ccccc1. The summed E-state index contributed by atoms with van der Waals surface area (Å²) < 4.78 is 0. The molecule has 1 aliphatic carbocycles. The number of aliphatic carboxylic acids is 2. The van der Waals surface area contributed by atoms with Crippen molar-refractivity contribution >= 4 is 33.6 Å². The maximum atomic E-state index is 11.1. The van der Waals surface area contributed by atoms with Crippen LogP contribution in [0.15, 0.2) is 54.1 Å². The van der Waals surface area contributed by atoms with E-state index in [1.165, 1.54) is 37.3 Å². The van der Waals surface area contributed by atoms with E-state index in [9.17, 15) is 19.7 Å². The number of non-ortho nitro benzene ring substituents is 1. The minimum absolute atomic E-state index is 0.124. The molecule has 0 fully saturated rings. The number of carboxylic acids is 2. The molecule has 2 unspecified atom stereocenters. The van der Waals surface area contributed by atoms with Crippen molar-refractivity contribution < 1.29 is 24.7 Å². The molecule has 1 aliphatic rings. The van der Waals surface area contributed by atoms with E-state index < -0.39 is 28.2 Å². The summed E-state index contributed by atoms with van der Waals surface area (Å²) in [7, 11) is 0. The quantitative estimate of drug-likeness (QED) is 0.457. The van der Waals surface area contributed by atoms with Crippen LogP contribution >= 0.6 is 15.9 Å². The molecule has 128 valence electrons. The number of nitro groups is 1. The van der Waals surface area contributed by atoms with E-state index in [2.05, 4.69) is 15.9 Å². The number of allylic oxidation sites excluding steroid dienone is 2. The van der Waals surface area contributed by atoms with Gasteiger partial charge in [-0.15, -0.1) is 0 Å². The van der Waals surface area contributed by atoms with Crippen LogP contribution in [0.3, 0.4) is 0 Å². The van der Waals surface area contributed by atoms with Crippen molar-refractivity contribution in [1.82, 2.24) is 0 Å². The second-order valence-corrected chi connectivity index (χ2v) is 5.82. The van der Waals surface area contributed by atoms with Crippen molar-refractivity contribution in [2.45, 2.75) is 6.92 Å². The number of alkyl halides is 1. The fourth-order valence-corrected chi connectivity index (χ4v) is 3.16. The Kier molecular flexibility index (Phi) is 6.84. The summed E-state index contributed by atoms with van der Waals surface area (Å²) in [6.07, 6.45) is 4.45. The van der Waals surface area contributed by atoms with Crippen LogP contribution in [0.2, 0.25) is 0 Å². The summed E-state index contributed by atoms with van der Waals surface area (Å²) in [5, 5.41) is 28.4. The Morgan fingerprint density at radius 2 is 1.88 bits per heavy atom. The zero-order valence-electron chi connectivity index (χ0n) is 12.8. The smallest absolute Gasteiger partial charge is 0.331 e. The van der Waals surface area contributed by atoms with Gasteiger partial charge in [-0.2, -0.15) is 0 Å². The van der Waals surface area contributed by atoms with Crippen LogP contribution in [-0.4, -0.2) is 32.4 Å². The van der Waals surface area contributed by atoms with Crippen molar-refractivity contribution in [1.29, 1.82) is 0 Å². The molecule has 1 aromatic rings. The highest BCUT2D eigenvalue weighted by molar-refractivity contribution is 9.09. The molecule has 0 heterocycles. The highest BCUT2D eigenvalue weighted by atomic mass is 79.9. The van der Waals surface area contributed by atoms with Crippen LogP contribution in [0.1, 0.15) is 6.92 Å². The number of rotatable bonds is 4. The first-order chi connectivity index (χ1) is 11.2. The van der Waals surface area contributed by atoms with E-state index in [1.54, 1.807) is 18.2 Å². The van der Waals surface area contributed by atoms with Crippen molar-refractivity contribution in [3.8, 4) is 0 Å². The van der Waals surface area contributed by atoms with Crippen molar-refractivity contribution in [3.05, 3.63) is 64.2 Å². The Balaban J connectivity index is 0.000000272. The lowest BCUT2D eigenvalue weighted by atomic mass is 9.71. The van der Waals surface area contributed by atoms with Gasteiger partial charge in [0.05, 0.1) is 10.3 Å². The first kappa shape index (κ1) is 19.6. The maximum Gasteiger partial charge on any atom is 0.331 e. The van der Waals surface area contributed by atoms with E-state index in [1.807, 2.05) is 0 Å². The van der Waals surface area contributed by atoms with E-state index >= 15 is 0 Å². The topological polar surface area (TPSA) is 118 Å². The lowest BCUT2D eigenvalue weighted by molar-refractivity contribution is -0.384. The summed E-state index contributed by atoms with van der Waals surface area (Å²) in [5.74, 6) is -2.65. The van der Waals surface area contributed by atoms with Gasteiger partial charge in [-0.05, 0) is 6.92 Å². The number of benzene rings is 1. The molecule has 0 saturated carbocycles. The van der Waals surface area contributed by atoms with E-state index in [4.69, 9.17) is 10.2 Å². The molecule has 2 N–H and O–H groups in total. The minimum atomic E-state index is -1.16. The number of hydrogen-bond acceptors (Lipinski definition) is 4. The number of hydrogen-bond donors (Lipinski definition) is 2. The molecule has 0 bridgehead atoms. The highest BCUT2D eigenvalue weighted by Crippen LogP contribution is 2.39. The molecule has 0 saturated heterocycles. The predicted molar refractivity (Wildman–Crippen MR) is 91.0 cm³/mol. The molecule has 0 aliphatic heterocycles. The zero-order valence-corrected chi connectivity index (χ0v) is 14.3. The van der Waals surface area contributed by atoms with Crippen molar-refractivity contribution in [2.24, 2.45) is 11.3 Å². The van der Waals surface area contributed by atoms with E-state index in [-0.39, 0.29) is 11.3 Å². The van der Waals surface area contributed by atoms with Gasteiger partial charge in [0.2, 0.25) is 0 Å². The lowest BCUT2D eigenvalue weighted by Gasteiger charge is -2.32. The Morgan fingerprint density at radius 1 is 1.29 bits per heavy atom. The third-order valence-corrected chi connectivity index (χ3v) is 4.29. The lowest BCUT2D eigenvalue weighted by Crippen LogP contribution is -2.39. The molecule has 24 heavy (non-hydrogen) atoms. The van der Waals surface area contributed by atoms with Gasteiger partial charge in [0.1, 0.15) is 0 Å². The second-order valence-electron chi connectivity index (χ2n) is 5.17. The molecule has 1 aromatic carbocycles. The summed E-state index contributed by atoms with van der Waals surface area (Å²) in [5.41, 5.74) is -0.900. The van der Waals surface area contributed by atoms with Crippen LogP contribution < -0.4 is 0 Å². The third kappa shape index (κ3) is 4.51. The van der Waals surface area contributed by atoms with Crippen LogP contribution in [0.4, 0.5) is 5.69 Å². The number of para-hydroxylation sites is 1. The molecule has 2 rings (SSSR count). The summed E-state index contributed by atoms with van der Waals surface area (Å²) in [6.45, 7) is 1.52. The Bertz CT molecular complexity index is 685. The van der Waals surface area contributed by atoms with E-state index in [0.717, 1.165) is 0 Å². The predicted octanol–water partition coefficient (Wildman–Crippen LogP) is 3.26. The van der Waals surface area contributed by atoms with Crippen LogP contribution in [0.25, 0.3) is 0 Å². The number of halogens is 1. The summed E-state index contributed by atoms with van der Waals surface area (Å²) in [6, 6.07) is 7.93. The van der Waals surface area contributed by atoms with Gasteiger partial charge >= 0.3 is 11.9 Å².